The fourth-order valence-corrected chi connectivity index (χ4v) is 2.50. The van der Waals surface area contributed by atoms with Gasteiger partial charge in [-0.1, -0.05) is 12.1 Å². The first-order valence-corrected chi connectivity index (χ1v) is 8.32. The largest absolute Gasteiger partial charge is 0.497 e. The Labute approximate surface area is 157 Å². The Kier molecular flexibility index (Phi) is 5.56. The summed E-state index contributed by atoms with van der Waals surface area (Å²) in [5.74, 6) is 1.70. The molecule has 0 aliphatic heterocycles. The number of nitrogens with zero attached hydrogens (tertiary/aromatic N) is 1. The number of hydrogen-bond donors (Lipinski definition) is 1. The number of nitrogens with one attached hydrogen (secondary N) is 1. The van der Waals surface area contributed by atoms with Crippen LogP contribution in [0.2, 0.25) is 0 Å². The molecule has 0 aliphatic rings. The molecule has 1 heterocycles. The maximum atomic E-state index is 12.2. The van der Waals surface area contributed by atoms with Gasteiger partial charge in [-0.3, -0.25) is 4.79 Å². The molecule has 0 aliphatic carbocycles. The van der Waals surface area contributed by atoms with Crippen LogP contribution in [0.1, 0.15) is 11.5 Å². The van der Waals surface area contributed by atoms with E-state index in [9.17, 15) is 4.79 Å². The zero-order valence-electron chi connectivity index (χ0n) is 15.4. The SMILES string of the molecule is COc1cc(/C=C/C(=O)Nc2ccc(-c3coc(C)n3)cc2)cc(OC)c1. The molecule has 1 N–H and O–H groups in total. The van der Waals surface area contributed by atoms with Crippen LogP contribution >= 0.6 is 0 Å². The third kappa shape index (κ3) is 4.76. The topological polar surface area (TPSA) is 73.6 Å². The molecule has 138 valence electrons. The monoisotopic (exact) mass is 364 g/mol. The van der Waals surface area contributed by atoms with Crippen LogP contribution in [0.4, 0.5) is 5.69 Å². The summed E-state index contributed by atoms with van der Waals surface area (Å²) in [5, 5.41) is 2.82. The molecule has 6 nitrogen and oxygen atoms in total. The standard InChI is InChI=1S/C21H20N2O4/c1-14-22-20(13-27-14)16-5-7-17(8-6-16)23-21(24)9-4-15-10-18(25-2)12-19(11-15)26-3/h4-13H,1-3H3,(H,23,24)/b9-4+. The van der Waals surface area contributed by atoms with E-state index in [0.29, 0.717) is 23.1 Å². The summed E-state index contributed by atoms with van der Waals surface area (Å²) in [5.41, 5.74) is 3.18. The number of ether oxygens (including phenoxy) is 2. The van der Waals surface area contributed by atoms with Crippen molar-refractivity contribution in [3.8, 4) is 22.8 Å². The minimum atomic E-state index is -0.234. The molecule has 2 aromatic carbocycles. The van der Waals surface area contributed by atoms with Crippen LogP contribution in [-0.4, -0.2) is 25.1 Å². The molecule has 0 bridgehead atoms. The summed E-state index contributed by atoms with van der Waals surface area (Å²) in [6.45, 7) is 1.79. The average molecular weight is 364 g/mol. The number of carbonyl (C=O) groups excluding carboxylic acids is 1. The Morgan fingerprint density at radius 1 is 1.07 bits per heavy atom. The lowest BCUT2D eigenvalue weighted by Crippen LogP contribution is -2.07. The first-order chi connectivity index (χ1) is 13.1. The minimum absolute atomic E-state index is 0.234. The Hall–Kier alpha value is -3.54. The quantitative estimate of drug-likeness (QED) is 0.660. The van der Waals surface area contributed by atoms with E-state index in [1.165, 1.54) is 6.08 Å². The highest BCUT2D eigenvalue weighted by Crippen LogP contribution is 2.23. The van der Waals surface area contributed by atoms with Crippen LogP contribution in [0.5, 0.6) is 11.5 Å². The lowest BCUT2D eigenvalue weighted by molar-refractivity contribution is -0.111. The van der Waals surface area contributed by atoms with Crippen LogP contribution < -0.4 is 14.8 Å². The van der Waals surface area contributed by atoms with Crippen molar-refractivity contribution in [1.29, 1.82) is 0 Å². The smallest absolute Gasteiger partial charge is 0.248 e. The van der Waals surface area contributed by atoms with Gasteiger partial charge in [0.05, 0.1) is 14.2 Å². The summed E-state index contributed by atoms with van der Waals surface area (Å²) in [4.78, 5) is 16.4. The minimum Gasteiger partial charge on any atom is -0.497 e. The Bertz CT molecular complexity index is 936. The van der Waals surface area contributed by atoms with Crippen LogP contribution in [-0.2, 0) is 4.79 Å². The number of oxazole rings is 1. The number of amides is 1. The normalized spacial score (nSPS) is 10.8. The van der Waals surface area contributed by atoms with Crippen molar-refractivity contribution in [3.05, 3.63) is 66.3 Å². The predicted octanol–water partition coefficient (Wildman–Crippen LogP) is 4.32. The third-order valence-electron chi connectivity index (χ3n) is 3.87. The van der Waals surface area contributed by atoms with Gasteiger partial charge in [0.15, 0.2) is 5.89 Å². The zero-order valence-corrected chi connectivity index (χ0v) is 15.4. The number of rotatable bonds is 6. The Morgan fingerprint density at radius 2 is 1.74 bits per heavy atom. The molecule has 0 saturated heterocycles. The molecule has 0 fully saturated rings. The molecule has 27 heavy (non-hydrogen) atoms. The molecule has 0 radical (unpaired) electrons. The molecule has 3 aromatic rings. The fourth-order valence-electron chi connectivity index (χ4n) is 2.50. The number of hydrogen-bond acceptors (Lipinski definition) is 5. The van der Waals surface area contributed by atoms with Crippen molar-refractivity contribution in [2.24, 2.45) is 0 Å². The number of methoxy groups -OCH3 is 2. The van der Waals surface area contributed by atoms with E-state index in [1.54, 1.807) is 39.5 Å². The van der Waals surface area contributed by atoms with E-state index >= 15 is 0 Å². The molecule has 6 heteroatoms. The molecule has 0 saturated carbocycles. The second kappa shape index (κ2) is 8.23. The van der Waals surface area contributed by atoms with Gasteiger partial charge < -0.3 is 19.2 Å². The lowest BCUT2D eigenvalue weighted by Gasteiger charge is -2.06. The molecule has 0 atom stereocenters. The van der Waals surface area contributed by atoms with Crippen LogP contribution in [0, 0.1) is 6.92 Å². The van der Waals surface area contributed by atoms with E-state index < -0.39 is 0 Å². The highest BCUT2D eigenvalue weighted by molar-refractivity contribution is 6.02. The highest BCUT2D eigenvalue weighted by Gasteiger charge is 2.05. The van der Waals surface area contributed by atoms with Crippen LogP contribution in [0.25, 0.3) is 17.3 Å². The second-order valence-corrected chi connectivity index (χ2v) is 5.80. The van der Waals surface area contributed by atoms with Gasteiger partial charge in [0.2, 0.25) is 5.91 Å². The van der Waals surface area contributed by atoms with Crippen molar-refractivity contribution in [2.75, 3.05) is 19.5 Å². The van der Waals surface area contributed by atoms with E-state index in [2.05, 4.69) is 10.3 Å². The number of aryl methyl sites for hydroxylation is 1. The molecule has 1 aromatic heterocycles. The molecule has 0 spiro atoms. The van der Waals surface area contributed by atoms with Gasteiger partial charge in [-0.25, -0.2) is 4.98 Å². The predicted molar refractivity (Wildman–Crippen MR) is 104 cm³/mol. The summed E-state index contributed by atoms with van der Waals surface area (Å²) in [6.07, 6.45) is 4.77. The number of aromatic nitrogens is 1. The highest BCUT2D eigenvalue weighted by atomic mass is 16.5. The molecular weight excluding hydrogens is 344 g/mol. The maximum Gasteiger partial charge on any atom is 0.248 e. The van der Waals surface area contributed by atoms with Crippen molar-refractivity contribution in [1.82, 2.24) is 4.98 Å². The summed E-state index contributed by atoms with van der Waals surface area (Å²) < 4.78 is 15.7. The average Bonchev–Trinajstić information content (AvgIpc) is 3.13. The van der Waals surface area contributed by atoms with E-state index in [1.807, 2.05) is 36.4 Å². The zero-order chi connectivity index (χ0) is 19.2. The number of carbonyl (C=O) groups is 1. The molecule has 3 rings (SSSR count). The van der Waals surface area contributed by atoms with Crippen molar-refractivity contribution in [2.45, 2.75) is 6.92 Å². The Morgan fingerprint density at radius 3 is 2.30 bits per heavy atom. The Balaban J connectivity index is 1.66. The first kappa shape index (κ1) is 18.3. The third-order valence-corrected chi connectivity index (χ3v) is 3.87. The van der Waals surface area contributed by atoms with E-state index in [4.69, 9.17) is 13.9 Å². The van der Waals surface area contributed by atoms with Crippen LogP contribution in [0.15, 0.2) is 59.2 Å². The van der Waals surface area contributed by atoms with Gasteiger partial charge in [-0.2, -0.15) is 0 Å². The van der Waals surface area contributed by atoms with Crippen LogP contribution in [0.3, 0.4) is 0 Å². The molecule has 1 amide bonds. The lowest BCUT2D eigenvalue weighted by atomic mass is 10.1. The van der Waals surface area contributed by atoms with Gasteiger partial charge in [-0.15, -0.1) is 0 Å². The van der Waals surface area contributed by atoms with Gasteiger partial charge >= 0.3 is 0 Å². The van der Waals surface area contributed by atoms with E-state index in [-0.39, 0.29) is 5.91 Å². The van der Waals surface area contributed by atoms with Gasteiger partial charge in [0.25, 0.3) is 0 Å². The van der Waals surface area contributed by atoms with Crippen molar-refractivity contribution < 1.29 is 18.7 Å². The summed E-state index contributed by atoms with van der Waals surface area (Å²) in [6, 6.07) is 12.8. The van der Waals surface area contributed by atoms with Gasteiger partial charge in [0, 0.05) is 30.3 Å². The van der Waals surface area contributed by atoms with Crippen molar-refractivity contribution >= 4 is 17.7 Å². The summed E-state index contributed by atoms with van der Waals surface area (Å²) in [7, 11) is 3.16. The number of anilines is 1. The molecular formula is C21H20N2O4. The second-order valence-electron chi connectivity index (χ2n) is 5.80. The molecule has 0 unspecified atom stereocenters. The number of benzene rings is 2. The fraction of sp³-hybridized carbons (Fsp3) is 0.143. The first-order valence-electron chi connectivity index (χ1n) is 8.32. The van der Waals surface area contributed by atoms with Gasteiger partial charge in [0.1, 0.15) is 23.5 Å². The van der Waals surface area contributed by atoms with Gasteiger partial charge in [-0.05, 0) is 35.9 Å². The summed E-state index contributed by atoms with van der Waals surface area (Å²) >= 11 is 0. The van der Waals surface area contributed by atoms with E-state index in [0.717, 1.165) is 16.8 Å². The maximum absolute atomic E-state index is 12.2. The van der Waals surface area contributed by atoms with Crippen molar-refractivity contribution in [3.63, 3.8) is 0 Å².